The molecule has 20 heavy (non-hydrogen) atoms. The molecule has 5 heteroatoms. The van der Waals surface area contributed by atoms with Crippen molar-refractivity contribution in [2.45, 2.75) is 13.3 Å². The summed E-state index contributed by atoms with van der Waals surface area (Å²) >= 11 is 1.38. The van der Waals surface area contributed by atoms with Gasteiger partial charge in [0.1, 0.15) is 0 Å². The van der Waals surface area contributed by atoms with E-state index < -0.39 is 16.6 Å². The average Bonchev–Trinajstić information content (AvgIpc) is 2.96. The van der Waals surface area contributed by atoms with Gasteiger partial charge in [0.2, 0.25) is 5.43 Å². The average molecular weight is 285 g/mol. The first-order valence-corrected chi connectivity index (χ1v) is 7.01. The molecule has 0 unspecified atom stereocenters. The van der Waals surface area contributed by atoms with Crippen LogP contribution in [0.25, 0.3) is 20.9 Å². The minimum absolute atomic E-state index is 0.135. The van der Waals surface area contributed by atoms with Gasteiger partial charge in [-0.15, -0.1) is 11.3 Å². The van der Waals surface area contributed by atoms with Gasteiger partial charge in [-0.1, -0.05) is 6.92 Å². The third-order valence-electron chi connectivity index (χ3n) is 3.20. The highest BCUT2D eigenvalue weighted by Gasteiger charge is 2.22. The Bertz CT molecular complexity index is 856. The summed E-state index contributed by atoms with van der Waals surface area (Å²) in [6, 6.07) is 7.53. The van der Waals surface area contributed by atoms with Gasteiger partial charge in [0, 0.05) is 21.6 Å². The molecule has 4 nitrogen and oxygen atoms in total. The summed E-state index contributed by atoms with van der Waals surface area (Å²) in [5.41, 5.74) is 0.740. The lowest BCUT2D eigenvalue weighted by atomic mass is 10.1. The predicted octanol–water partition coefficient (Wildman–Crippen LogP) is 2.34. The number of hydrogen-bond donors (Lipinski definition) is 1. The van der Waals surface area contributed by atoms with Crippen LogP contribution in [-0.2, 0) is 6.42 Å². The summed E-state index contributed by atoms with van der Waals surface area (Å²) in [7, 11) is 0. The Morgan fingerprint density at radius 2 is 1.90 bits per heavy atom. The van der Waals surface area contributed by atoms with Crippen LogP contribution in [0.1, 0.15) is 12.6 Å². The molecule has 2 heterocycles. The van der Waals surface area contributed by atoms with E-state index in [1.165, 1.54) is 11.3 Å². The molecule has 3 rings (SSSR count). The molecular weight excluding hydrogens is 274 g/mol. The second kappa shape index (κ2) is 4.68. The van der Waals surface area contributed by atoms with E-state index in [1.54, 1.807) is 12.3 Å². The topological polar surface area (TPSA) is 67.3 Å². The number of aromatic nitrogens is 1. The maximum atomic E-state index is 11.4. The number of aryl methyl sites for hydroxylation is 1. The van der Waals surface area contributed by atoms with Gasteiger partial charge >= 0.3 is 0 Å². The SMILES string of the molecule is CCc1cc(-c2ccc(-c3c(O)c(=O)c3=O)s2)ccn1. The summed E-state index contributed by atoms with van der Waals surface area (Å²) in [5.74, 6) is -0.424. The van der Waals surface area contributed by atoms with E-state index in [1.807, 2.05) is 25.1 Å². The van der Waals surface area contributed by atoms with Crippen molar-refractivity contribution in [2.75, 3.05) is 0 Å². The number of nitrogens with zero attached hydrogens (tertiary/aromatic N) is 1. The standard InChI is InChI=1S/C15H11NO3S/c1-2-9-7-8(5-6-16-9)10-3-4-11(20-10)12-13(17)15(19)14(12)18/h3-7,17H,2H2,1H3. The highest BCUT2D eigenvalue weighted by molar-refractivity contribution is 7.18. The zero-order valence-electron chi connectivity index (χ0n) is 10.7. The number of aromatic hydroxyl groups is 1. The van der Waals surface area contributed by atoms with E-state index in [-0.39, 0.29) is 5.56 Å². The number of thiophene rings is 1. The van der Waals surface area contributed by atoms with Crippen molar-refractivity contribution in [3.63, 3.8) is 0 Å². The van der Waals surface area contributed by atoms with E-state index in [0.717, 1.165) is 22.6 Å². The highest BCUT2D eigenvalue weighted by Crippen LogP contribution is 2.36. The van der Waals surface area contributed by atoms with Crippen molar-refractivity contribution in [3.8, 4) is 26.6 Å². The first-order valence-electron chi connectivity index (χ1n) is 6.19. The van der Waals surface area contributed by atoms with E-state index in [4.69, 9.17) is 0 Å². The molecule has 0 aliphatic heterocycles. The van der Waals surface area contributed by atoms with Gasteiger partial charge in [0.05, 0.1) is 5.56 Å². The van der Waals surface area contributed by atoms with E-state index in [2.05, 4.69) is 4.98 Å². The molecule has 0 aliphatic rings. The Morgan fingerprint density at radius 3 is 2.60 bits per heavy atom. The molecule has 1 N–H and O–H groups in total. The summed E-state index contributed by atoms with van der Waals surface area (Å²) in [6.07, 6.45) is 2.60. The van der Waals surface area contributed by atoms with Crippen molar-refractivity contribution in [1.29, 1.82) is 0 Å². The molecule has 0 bridgehead atoms. The fraction of sp³-hybridized carbons (Fsp3) is 0.133. The zero-order valence-corrected chi connectivity index (χ0v) is 11.5. The minimum atomic E-state index is -0.799. The number of rotatable bonds is 3. The smallest absolute Gasteiger partial charge is 0.268 e. The Labute approximate surface area is 118 Å². The second-order valence-corrected chi connectivity index (χ2v) is 5.52. The second-order valence-electron chi connectivity index (χ2n) is 4.44. The molecule has 0 atom stereocenters. The molecule has 0 radical (unpaired) electrons. The van der Waals surface area contributed by atoms with Crippen LogP contribution in [0.15, 0.2) is 40.1 Å². The van der Waals surface area contributed by atoms with Gasteiger partial charge in [-0.05, 0) is 36.2 Å². The lowest BCUT2D eigenvalue weighted by Crippen LogP contribution is -2.31. The molecule has 3 aromatic rings. The van der Waals surface area contributed by atoms with Crippen molar-refractivity contribution in [1.82, 2.24) is 4.98 Å². The van der Waals surface area contributed by atoms with Gasteiger partial charge < -0.3 is 5.11 Å². The van der Waals surface area contributed by atoms with Crippen LogP contribution >= 0.6 is 11.3 Å². The number of hydrogen-bond acceptors (Lipinski definition) is 5. The van der Waals surface area contributed by atoms with E-state index in [9.17, 15) is 14.7 Å². The van der Waals surface area contributed by atoms with Gasteiger partial charge in [0.25, 0.3) is 5.43 Å². The van der Waals surface area contributed by atoms with Crippen LogP contribution in [0, 0.1) is 0 Å². The van der Waals surface area contributed by atoms with Crippen LogP contribution in [-0.4, -0.2) is 10.1 Å². The van der Waals surface area contributed by atoms with Crippen LogP contribution < -0.4 is 10.9 Å². The van der Waals surface area contributed by atoms with Crippen molar-refractivity contribution in [3.05, 3.63) is 56.6 Å². The summed E-state index contributed by atoms with van der Waals surface area (Å²) < 4.78 is 0. The Hall–Kier alpha value is -2.27. The maximum Gasteiger partial charge on any atom is 0.268 e. The molecular formula is C15H11NO3S. The molecule has 0 amide bonds. The molecule has 1 aromatic carbocycles. The fourth-order valence-corrected chi connectivity index (χ4v) is 3.11. The third-order valence-corrected chi connectivity index (χ3v) is 4.35. The van der Waals surface area contributed by atoms with Gasteiger partial charge in [-0.25, -0.2) is 0 Å². The normalized spacial score (nSPS) is 11.1. The maximum absolute atomic E-state index is 11.4. The van der Waals surface area contributed by atoms with Gasteiger partial charge in [-0.3, -0.25) is 14.6 Å². The van der Waals surface area contributed by atoms with E-state index in [0.29, 0.717) is 4.88 Å². The molecule has 0 saturated carbocycles. The molecule has 100 valence electrons. The molecule has 0 spiro atoms. The predicted molar refractivity (Wildman–Crippen MR) is 78.9 cm³/mol. The van der Waals surface area contributed by atoms with Crippen molar-refractivity contribution in [2.24, 2.45) is 0 Å². The summed E-state index contributed by atoms with van der Waals surface area (Å²) in [4.78, 5) is 28.3. The quantitative estimate of drug-likeness (QED) is 0.750. The Kier molecular flexibility index (Phi) is 2.99. The summed E-state index contributed by atoms with van der Waals surface area (Å²) in [5, 5.41) is 9.47. The lowest BCUT2D eigenvalue weighted by molar-refractivity contribution is 0.466. The summed E-state index contributed by atoms with van der Waals surface area (Å²) in [6.45, 7) is 2.04. The Balaban J connectivity index is 2.03. The van der Waals surface area contributed by atoms with Crippen molar-refractivity contribution < 1.29 is 5.11 Å². The van der Waals surface area contributed by atoms with Crippen LogP contribution in [0.5, 0.6) is 5.75 Å². The molecule has 2 aromatic heterocycles. The van der Waals surface area contributed by atoms with Crippen molar-refractivity contribution >= 4 is 11.3 Å². The first-order chi connectivity index (χ1) is 9.61. The first kappa shape index (κ1) is 12.7. The number of pyridine rings is 1. The third kappa shape index (κ3) is 1.87. The van der Waals surface area contributed by atoms with Gasteiger partial charge in [0.15, 0.2) is 5.75 Å². The Morgan fingerprint density at radius 1 is 1.15 bits per heavy atom. The van der Waals surface area contributed by atoms with E-state index >= 15 is 0 Å². The largest absolute Gasteiger partial charge is 0.503 e. The molecule has 0 saturated heterocycles. The minimum Gasteiger partial charge on any atom is -0.503 e. The zero-order chi connectivity index (χ0) is 14.3. The monoisotopic (exact) mass is 285 g/mol. The highest BCUT2D eigenvalue weighted by atomic mass is 32.1. The molecule has 0 aliphatic carbocycles. The van der Waals surface area contributed by atoms with Crippen LogP contribution in [0.2, 0.25) is 0 Å². The van der Waals surface area contributed by atoms with Gasteiger partial charge in [-0.2, -0.15) is 0 Å². The van der Waals surface area contributed by atoms with Crippen LogP contribution in [0.3, 0.4) is 0 Å². The lowest BCUT2D eigenvalue weighted by Gasteiger charge is -2.02. The fourth-order valence-electron chi connectivity index (χ4n) is 2.06. The van der Waals surface area contributed by atoms with Crippen LogP contribution in [0.4, 0.5) is 0 Å². The molecule has 0 fully saturated rings.